The average molecular weight is 205 g/mol. The molecule has 3 rings (SSSR count). The van der Waals surface area contributed by atoms with E-state index in [0.717, 1.165) is 24.3 Å². The molecule has 2 heterocycles. The molecule has 0 unspecified atom stereocenters. The van der Waals surface area contributed by atoms with Crippen LogP contribution in [0.4, 0.5) is 5.69 Å². The maximum Gasteiger partial charge on any atom is 0.227 e. The maximum absolute atomic E-state index is 11.6. The summed E-state index contributed by atoms with van der Waals surface area (Å²) in [6.07, 6.45) is 2.53. The lowest BCUT2D eigenvalue weighted by atomic mass is 10.00. The van der Waals surface area contributed by atoms with Crippen LogP contribution >= 0.6 is 12.6 Å². The first-order valence-electron chi connectivity index (χ1n) is 4.91. The first kappa shape index (κ1) is 8.36. The molecule has 0 spiro atoms. The van der Waals surface area contributed by atoms with E-state index in [1.807, 2.05) is 4.90 Å². The number of hydrogen-bond acceptors (Lipinski definition) is 2. The number of carbonyl (C=O) groups is 1. The lowest BCUT2D eigenvalue weighted by molar-refractivity contribution is -0.118. The van der Waals surface area contributed by atoms with Crippen molar-refractivity contribution in [2.24, 2.45) is 0 Å². The highest BCUT2D eigenvalue weighted by Gasteiger charge is 2.30. The molecule has 1 amide bonds. The van der Waals surface area contributed by atoms with Gasteiger partial charge in [-0.3, -0.25) is 4.79 Å². The van der Waals surface area contributed by atoms with E-state index in [4.69, 9.17) is 0 Å². The number of thiol groups is 1. The zero-order chi connectivity index (χ0) is 9.71. The van der Waals surface area contributed by atoms with Gasteiger partial charge in [-0.05, 0) is 36.1 Å². The lowest BCUT2D eigenvalue weighted by Crippen LogP contribution is -2.32. The summed E-state index contributed by atoms with van der Waals surface area (Å²) in [4.78, 5) is 14.6. The Morgan fingerprint density at radius 2 is 1.86 bits per heavy atom. The van der Waals surface area contributed by atoms with Gasteiger partial charge in [0.15, 0.2) is 0 Å². The molecule has 3 heteroatoms. The van der Waals surface area contributed by atoms with Crippen LogP contribution in [-0.2, 0) is 17.6 Å². The Bertz CT molecular complexity index is 428. The number of aryl methyl sites for hydroxylation is 1. The van der Waals surface area contributed by atoms with Crippen molar-refractivity contribution in [2.45, 2.75) is 24.2 Å². The van der Waals surface area contributed by atoms with E-state index < -0.39 is 0 Å². The molecular weight excluding hydrogens is 194 g/mol. The number of nitrogens with zero attached hydrogens (tertiary/aromatic N) is 1. The molecule has 0 aromatic heterocycles. The van der Waals surface area contributed by atoms with Crippen molar-refractivity contribution in [1.82, 2.24) is 0 Å². The fraction of sp³-hybridized carbons (Fsp3) is 0.364. The minimum Gasteiger partial charge on any atom is -0.312 e. The van der Waals surface area contributed by atoms with Gasteiger partial charge in [0.25, 0.3) is 0 Å². The van der Waals surface area contributed by atoms with Gasteiger partial charge in [-0.1, -0.05) is 0 Å². The second-order valence-electron chi connectivity index (χ2n) is 3.91. The predicted octanol–water partition coefficient (Wildman–Crippen LogP) is 1.81. The van der Waals surface area contributed by atoms with Crippen LogP contribution in [0, 0.1) is 0 Å². The topological polar surface area (TPSA) is 20.3 Å². The van der Waals surface area contributed by atoms with Crippen LogP contribution in [0.15, 0.2) is 17.0 Å². The van der Waals surface area contributed by atoms with Gasteiger partial charge < -0.3 is 4.90 Å². The Morgan fingerprint density at radius 3 is 2.64 bits per heavy atom. The van der Waals surface area contributed by atoms with E-state index in [2.05, 4.69) is 24.8 Å². The summed E-state index contributed by atoms with van der Waals surface area (Å²) in [6, 6.07) is 4.17. The van der Waals surface area contributed by atoms with Crippen LogP contribution in [0.1, 0.15) is 17.5 Å². The van der Waals surface area contributed by atoms with Gasteiger partial charge in [0.2, 0.25) is 5.91 Å². The highest BCUT2D eigenvalue weighted by Crippen LogP contribution is 2.37. The minimum absolute atomic E-state index is 0.281. The van der Waals surface area contributed by atoms with E-state index in [0.29, 0.717) is 6.42 Å². The molecule has 0 fully saturated rings. The van der Waals surface area contributed by atoms with Crippen LogP contribution in [0.5, 0.6) is 0 Å². The number of carbonyl (C=O) groups excluding carboxylic acids is 1. The molecule has 0 aliphatic carbocycles. The fourth-order valence-electron chi connectivity index (χ4n) is 2.44. The van der Waals surface area contributed by atoms with Crippen molar-refractivity contribution in [3.63, 3.8) is 0 Å². The molecule has 72 valence electrons. The standard InChI is InChI=1S/C11H11NOS/c13-10-2-1-7-5-9(14)6-8-3-4-12(10)11(7)8/h5-6,14H,1-4H2. The second-order valence-corrected chi connectivity index (χ2v) is 4.42. The van der Waals surface area contributed by atoms with E-state index in [9.17, 15) is 4.79 Å². The van der Waals surface area contributed by atoms with Gasteiger partial charge in [0.05, 0.1) is 5.69 Å². The molecular formula is C11H11NOS. The molecule has 0 radical (unpaired) electrons. The van der Waals surface area contributed by atoms with Gasteiger partial charge >= 0.3 is 0 Å². The van der Waals surface area contributed by atoms with Crippen LogP contribution < -0.4 is 4.90 Å². The van der Waals surface area contributed by atoms with Crippen molar-refractivity contribution in [1.29, 1.82) is 0 Å². The normalized spacial score (nSPS) is 18.6. The molecule has 0 N–H and O–H groups in total. The van der Waals surface area contributed by atoms with Crippen LogP contribution in [0.2, 0.25) is 0 Å². The highest BCUT2D eigenvalue weighted by atomic mass is 32.1. The Balaban J connectivity index is 2.24. The van der Waals surface area contributed by atoms with Crippen molar-refractivity contribution >= 4 is 24.2 Å². The molecule has 0 saturated carbocycles. The van der Waals surface area contributed by atoms with Gasteiger partial charge in [0, 0.05) is 17.9 Å². The molecule has 2 nitrogen and oxygen atoms in total. The first-order chi connectivity index (χ1) is 6.75. The van der Waals surface area contributed by atoms with Crippen LogP contribution in [0.3, 0.4) is 0 Å². The lowest BCUT2D eigenvalue weighted by Gasteiger charge is -2.25. The summed E-state index contributed by atoms with van der Waals surface area (Å²) >= 11 is 4.38. The molecule has 2 aliphatic heterocycles. The smallest absolute Gasteiger partial charge is 0.227 e. The third-order valence-electron chi connectivity index (χ3n) is 3.04. The summed E-state index contributed by atoms with van der Waals surface area (Å²) in [5.41, 5.74) is 3.77. The van der Waals surface area contributed by atoms with Gasteiger partial charge in [-0.15, -0.1) is 12.6 Å². The summed E-state index contributed by atoms with van der Waals surface area (Å²) in [5.74, 6) is 0.281. The number of anilines is 1. The SMILES string of the molecule is O=C1CCc2cc(S)cc3c2N1CC3. The van der Waals surface area contributed by atoms with Crippen LogP contribution in [-0.4, -0.2) is 12.5 Å². The van der Waals surface area contributed by atoms with Crippen molar-refractivity contribution in [2.75, 3.05) is 11.4 Å². The van der Waals surface area contributed by atoms with E-state index in [-0.39, 0.29) is 5.91 Å². The molecule has 1 aromatic carbocycles. The molecule has 2 aliphatic rings. The van der Waals surface area contributed by atoms with E-state index >= 15 is 0 Å². The zero-order valence-electron chi connectivity index (χ0n) is 7.79. The summed E-state index contributed by atoms with van der Waals surface area (Å²) < 4.78 is 0. The van der Waals surface area contributed by atoms with Crippen molar-refractivity contribution in [3.8, 4) is 0 Å². The summed E-state index contributed by atoms with van der Waals surface area (Å²) in [6.45, 7) is 0.860. The molecule has 1 aromatic rings. The highest BCUT2D eigenvalue weighted by molar-refractivity contribution is 7.80. The first-order valence-corrected chi connectivity index (χ1v) is 5.35. The average Bonchev–Trinajstić information content (AvgIpc) is 2.56. The Morgan fingerprint density at radius 1 is 1.14 bits per heavy atom. The molecule has 14 heavy (non-hydrogen) atoms. The van der Waals surface area contributed by atoms with Crippen LogP contribution in [0.25, 0.3) is 0 Å². The number of benzene rings is 1. The van der Waals surface area contributed by atoms with Crippen molar-refractivity contribution < 1.29 is 4.79 Å². The number of rotatable bonds is 0. The Labute approximate surface area is 88.3 Å². The minimum atomic E-state index is 0.281. The van der Waals surface area contributed by atoms with Crippen molar-refractivity contribution in [3.05, 3.63) is 23.3 Å². The maximum atomic E-state index is 11.6. The van der Waals surface area contributed by atoms with Gasteiger partial charge in [-0.25, -0.2) is 0 Å². The Hall–Kier alpha value is -0.960. The fourth-order valence-corrected chi connectivity index (χ4v) is 2.75. The number of hydrogen-bond donors (Lipinski definition) is 1. The molecule has 0 atom stereocenters. The predicted molar refractivity (Wildman–Crippen MR) is 58.1 cm³/mol. The van der Waals surface area contributed by atoms with Gasteiger partial charge in [-0.2, -0.15) is 0 Å². The third-order valence-corrected chi connectivity index (χ3v) is 3.29. The largest absolute Gasteiger partial charge is 0.312 e. The molecule has 0 saturated heterocycles. The zero-order valence-corrected chi connectivity index (χ0v) is 8.68. The van der Waals surface area contributed by atoms with Gasteiger partial charge in [0.1, 0.15) is 0 Å². The monoisotopic (exact) mass is 205 g/mol. The number of amides is 1. The summed E-state index contributed by atoms with van der Waals surface area (Å²) in [5, 5.41) is 0. The summed E-state index contributed by atoms with van der Waals surface area (Å²) in [7, 11) is 0. The Kier molecular flexibility index (Phi) is 1.65. The molecule has 0 bridgehead atoms. The third kappa shape index (κ3) is 1.02. The van der Waals surface area contributed by atoms with E-state index in [1.165, 1.54) is 16.8 Å². The second kappa shape index (κ2) is 2.76. The quantitative estimate of drug-likeness (QED) is 0.640. The van der Waals surface area contributed by atoms with E-state index in [1.54, 1.807) is 0 Å².